The van der Waals surface area contributed by atoms with Gasteiger partial charge in [0.2, 0.25) is 0 Å². The van der Waals surface area contributed by atoms with Crippen LogP contribution in [0.15, 0.2) is 54.7 Å². The van der Waals surface area contributed by atoms with Crippen molar-refractivity contribution in [2.45, 2.75) is 20.0 Å². The van der Waals surface area contributed by atoms with E-state index in [4.69, 9.17) is 0 Å². The molecule has 0 aliphatic rings. The van der Waals surface area contributed by atoms with Crippen molar-refractivity contribution >= 4 is 0 Å². The molecule has 2 aromatic carbocycles. The van der Waals surface area contributed by atoms with Gasteiger partial charge in [-0.3, -0.25) is 4.98 Å². The number of halogens is 4. The summed E-state index contributed by atoms with van der Waals surface area (Å²) in [5, 5.41) is 0. The Morgan fingerprint density at radius 1 is 0.800 bits per heavy atom. The lowest BCUT2D eigenvalue weighted by Crippen LogP contribution is -2.04. The SMILES string of the molecule is Cc1cnc(-c2ccc(F)c(-c3ccc(C(F)(F)F)cc3)c2)cc1C. The standard InChI is InChI=1S/C20H15F4N/c1-12-9-19(25-11-13(12)2)15-5-8-18(21)17(10-15)14-3-6-16(7-4-14)20(22,23)24/h3-11H,1-2H3. The van der Waals surface area contributed by atoms with E-state index in [1.165, 1.54) is 18.2 Å². The fraction of sp³-hybridized carbons (Fsp3) is 0.150. The Kier molecular flexibility index (Phi) is 4.33. The molecule has 0 spiro atoms. The molecule has 3 aromatic rings. The Morgan fingerprint density at radius 2 is 1.44 bits per heavy atom. The lowest BCUT2D eigenvalue weighted by atomic mass is 9.99. The van der Waals surface area contributed by atoms with Crippen LogP contribution in [0.2, 0.25) is 0 Å². The van der Waals surface area contributed by atoms with Crippen LogP contribution in [0.5, 0.6) is 0 Å². The largest absolute Gasteiger partial charge is 0.416 e. The fourth-order valence-corrected chi connectivity index (χ4v) is 2.53. The first-order valence-corrected chi connectivity index (χ1v) is 7.66. The highest BCUT2D eigenvalue weighted by atomic mass is 19.4. The van der Waals surface area contributed by atoms with E-state index in [1.54, 1.807) is 18.3 Å². The minimum Gasteiger partial charge on any atom is -0.256 e. The van der Waals surface area contributed by atoms with Crippen LogP contribution in [-0.2, 0) is 6.18 Å². The first-order chi connectivity index (χ1) is 11.8. The van der Waals surface area contributed by atoms with E-state index in [0.717, 1.165) is 23.3 Å². The first-order valence-electron chi connectivity index (χ1n) is 7.66. The lowest BCUT2D eigenvalue weighted by Gasteiger charge is -2.10. The molecule has 1 heterocycles. The Morgan fingerprint density at radius 3 is 2.04 bits per heavy atom. The summed E-state index contributed by atoms with van der Waals surface area (Å²) < 4.78 is 52.2. The molecule has 1 aromatic heterocycles. The van der Waals surface area contributed by atoms with Gasteiger partial charge in [0.15, 0.2) is 0 Å². The van der Waals surface area contributed by atoms with Crippen LogP contribution in [0.4, 0.5) is 17.6 Å². The molecular formula is C20H15F4N. The number of hydrogen-bond donors (Lipinski definition) is 0. The van der Waals surface area contributed by atoms with E-state index in [9.17, 15) is 17.6 Å². The van der Waals surface area contributed by atoms with Gasteiger partial charge >= 0.3 is 6.18 Å². The van der Waals surface area contributed by atoms with Gasteiger partial charge in [0.05, 0.1) is 11.3 Å². The maximum Gasteiger partial charge on any atom is 0.416 e. The summed E-state index contributed by atoms with van der Waals surface area (Å²) >= 11 is 0. The number of pyridine rings is 1. The van der Waals surface area contributed by atoms with Gasteiger partial charge in [0.25, 0.3) is 0 Å². The number of aromatic nitrogens is 1. The van der Waals surface area contributed by atoms with E-state index in [2.05, 4.69) is 4.98 Å². The number of aryl methyl sites for hydroxylation is 2. The second-order valence-electron chi connectivity index (χ2n) is 5.92. The Labute approximate surface area is 143 Å². The summed E-state index contributed by atoms with van der Waals surface area (Å²) in [5.74, 6) is -0.493. The van der Waals surface area contributed by atoms with Crippen molar-refractivity contribution in [2.75, 3.05) is 0 Å². The van der Waals surface area contributed by atoms with Crippen molar-refractivity contribution in [1.29, 1.82) is 0 Å². The molecule has 1 nitrogen and oxygen atoms in total. The molecular weight excluding hydrogens is 330 g/mol. The van der Waals surface area contributed by atoms with Crippen LogP contribution < -0.4 is 0 Å². The summed E-state index contributed by atoms with van der Waals surface area (Å²) in [6, 6.07) is 10.9. The van der Waals surface area contributed by atoms with Gasteiger partial charge in [0, 0.05) is 17.3 Å². The maximum atomic E-state index is 14.2. The number of hydrogen-bond acceptors (Lipinski definition) is 1. The molecule has 0 atom stereocenters. The molecule has 5 heteroatoms. The summed E-state index contributed by atoms with van der Waals surface area (Å²) in [6.45, 7) is 3.91. The van der Waals surface area contributed by atoms with Crippen LogP contribution in [0, 0.1) is 19.7 Å². The monoisotopic (exact) mass is 345 g/mol. The average molecular weight is 345 g/mol. The molecule has 0 unspecified atom stereocenters. The molecule has 0 N–H and O–H groups in total. The lowest BCUT2D eigenvalue weighted by molar-refractivity contribution is -0.137. The number of rotatable bonds is 2. The van der Waals surface area contributed by atoms with Crippen molar-refractivity contribution < 1.29 is 17.6 Å². The van der Waals surface area contributed by atoms with Gasteiger partial charge in [-0.15, -0.1) is 0 Å². The number of alkyl halides is 3. The third kappa shape index (κ3) is 3.55. The molecule has 25 heavy (non-hydrogen) atoms. The minimum atomic E-state index is -4.41. The van der Waals surface area contributed by atoms with E-state index < -0.39 is 17.6 Å². The van der Waals surface area contributed by atoms with Gasteiger partial charge in [-0.25, -0.2) is 4.39 Å². The van der Waals surface area contributed by atoms with Crippen LogP contribution in [0.25, 0.3) is 22.4 Å². The predicted octanol–water partition coefficient (Wildman–Crippen LogP) is 6.19. The Bertz CT molecular complexity index is 912. The highest BCUT2D eigenvalue weighted by molar-refractivity contribution is 5.72. The second-order valence-corrected chi connectivity index (χ2v) is 5.92. The summed E-state index contributed by atoms with van der Waals surface area (Å²) in [4.78, 5) is 4.35. The topological polar surface area (TPSA) is 12.9 Å². The van der Waals surface area contributed by atoms with Crippen molar-refractivity contribution in [3.05, 3.63) is 77.2 Å². The van der Waals surface area contributed by atoms with E-state index in [-0.39, 0.29) is 5.56 Å². The van der Waals surface area contributed by atoms with Crippen LogP contribution in [-0.4, -0.2) is 4.98 Å². The molecule has 0 saturated carbocycles. The molecule has 0 radical (unpaired) electrons. The van der Waals surface area contributed by atoms with Crippen LogP contribution in [0.3, 0.4) is 0 Å². The highest BCUT2D eigenvalue weighted by Crippen LogP contribution is 2.33. The van der Waals surface area contributed by atoms with Crippen molar-refractivity contribution in [2.24, 2.45) is 0 Å². The second kappa shape index (κ2) is 6.31. The quantitative estimate of drug-likeness (QED) is 0.505. The van der Waals surface area contributed by atoms with Crippen molar-refractivity contribution in [3.63, 3.8) is 0 Å². The summed E-state index contributed by atoms with van der Waals surface area (Å²) in [7, 11) is 0. The summed E-state index contributed by atoms with van der Waals surface area (Å²) in [6.07, 6.45) is -2.67. The Hall–Kier alpha value is -2.69. The fourth-order valence-electron chi connectivity index (χ4n) is 2.53. The zero-order chi connectivity index (χ0) is 18.2. The molecule has 0 bridgehead atoms. The normalized spacial score (nSPS) is 11.6. The zero-order valence-corrected chi connectivity index (χ0v) is 13.7. The van der Waals surface area contributed by atoms with Crippen molar-refractivity contribution in [3.8, 4) is 22.4 Å². The Balaban J connectivity index is 2.03. The molecule has 0 amide bonds. The first kappa shape index (κ1) is 17.1. The predicted molar refractivity (Wildman–Crippen MR) is 89.5 cm³/mol. The number of benzene rings is 2. The van der Waals surface area contributed by atoms with Crippen LogP contribution >= 0.6 is 0 Å². The van der Waals surface area contributed by atoms with Gasteiger partial charge < -0.3 is 0 Å². The van der Waals surface area contributed by atoms with E-state index >= 15 is 0 Å². The average Bonchev–Trinajstić information content (AvgIpc) is 2.57. The minimum absolute atomic E-state index is 0.242. The maximum absolute atomic E-state index is 14.2. The molecule has 3 rings (SSSR count). The van der Waals surface area contributed by atoms with Gasteiger partial charge in [0.1, 0.15) is 5.82 Å². The van der Waals surface area contributed by atoms with E-state index in [1.807, 2.05) is 19.9 Å². The van der Waals surface area contributed by atoms with E-state index in [0.29, 0.717) is 16.8 Å². The summed E-state index contributed by atoms with van der Waals surface area (Å²) in [5.41, 5.74) is 3.38. The molecule has 0 saturated heterocycles. The molecule has 128 valence electrons. The van der Waals surface area contributed by atoms with Gasteiger partial charge in [-0.1, -0.05) is 12.1 Å². The van der Waals surface area contributed by atoms with Crippen LogP contribution in [0.1, 0.15) is 16.7 Å². The zero-order valence-electron chi connectivity index (χ0n) is 13.7. The molecule has 0 fully saturated rings. The van der Waals surface area contributed by atoms with Gasteiger partial charge in [-0.05, 0) is 66.9 Å². The van der Waals surface area contributed by atoms with Gasteiger partial charge in [-0.2, -0.15) is 13.2 Å². The number of nitrogens with zero attached hydrogens (tertiary/aromatic N) is 1. The van der Waals surface area contributed by atoms with Crippen molar-refractivity contribution in [1.82, 2.24) is 4.98 Å². The third-order valence-corrected chi connectivity index (χ3v) is 4.16. The smallest absolute Gasteiger partial charge is 0.256 e. The molecule has 0 aliphatic heterocycles. The highest BCUT2D eigenvalue weighted by Gasteiger charge is 2.30. The molecule has 0 aliphatic carbocycles. The third-order valence-electron chi connectivity index (χ3n) is 4.16.